The molecule has 1 unspecified atom stereocenters. The second-order valence-electron chi connectivity index (χ2n) is 9.52. The normalized spacial score (nSPS) is 14.7. The van der Waals surface area contributed by atoms with Crippen molar-refractivity contribution in [3.63, 3.8) is 0 Å². The number of benzene rings is 3. The first-order chi connectivity index (χ1) is 17.4. The molecule has 3 aromatic carbocycles. The summed E-state index contributed by atoms with van der Waals surface area (Å²) in [5.41, 5.74) is 5.71. The van der Waals surface area contributed by atoms with E-state index in [2.05, 4.69) is 72.1 Å². The van der Waals surface area contributed by atoms with E-state index >= 15 is 0 Å². The molecule has 1 aliphatic heterocycles. The molecule has 0 bridgehead atoms. The monoisotopic (exact) mass is 482 g/mol. The van der Waals surface area contributed by atoms with Crippen LogP contribution in [0.25, 0.3) is 10.9 Å². The average molecular weight is 483 g/mol. The molecule has 1 atom stereocenters. The highest BCUT2D eigenvalue weighted by atomic mass is 16.6. The lowest BCUT2D eigenvalue weighted by atomic mass is 9.87. The summed E-state index contributed by atoms with van der Waals surface area (Å²) in [4.78, 5) is 28.2. The highest BCUT2D eigenvalue weighted by molar-refractivity contribution is 5.86. The van der Waals surface area contributed by atoms with E-state index in [4.69, 9.17) is 0 Å². The number of nitro groups is 1. The Morgan fingerprint density at radius 3 is 2.28 bits per heavy atom. The summed E-state index contributed by atoms with van der Waals surface area (Å²) in [5, 5.41) is 12.1. The van der Waals surface area contributed by atoms with Crippen molar-refractivity contribution in [2.24, 2.45) is 7.05 Å². The number of anilines is 1. The molecule has 4 aromatic rings. The molecular formula is C29H30N4O3. The van der Waals surface area contributed by atoms with Crippen LogP contribution in [0, 0.1) is 17.0 Å². The van der Waals surface area contributed by atoms with Crippen LogP contribution in [0.4, 0.5) is 11.4 Å². The average Bonchev–Trinajstić information content (AvgIpc) is 3.24. The summed E-state index contributed by atoms with van der Waals surface area (Å²) in [6.45, 7) is 4.74. The SMILES string of the molecule is Cc1ccc(C(CC(=O)N2CCN(c3ccc([N+](=O)[O-])cc3)CC2)c2cn(C)c3ccccc23)cc1. The largest absolute Gasteiger partial charge is 0.368 e. The van der Waals surface area contributed by atoms with Crippen LogP contribution >= 0.6 is 0 Å². The van der Waals surface area contributed by atoms with Gasteiger partial charge in [0.15, 0.2) is 0 Å². The minimum atomic E-state index is -0.388. The van der Waals surface area contributed by atoms with Crippen LogP contribution in [0.15, 0.2) is 79.0 Å². The molecule has 5 rings (SSSR count). The van der Waals surface area contributed by atoms with E-state index in [-0.39, 0.29) is 22.4 Å². The van der Waals surface area contributed by atoms with Gasteiger partial charge >= 0.3 is 0 Å². The second kappa shape index (κ2) is 9.85. The van der Waals surface area contributed by atoms with Crippen LogP contribution in [0.1, 0.15) is 29.0 Å². The number of nitrogens with zero attached hydrogens (tertiary/aromatic N) is 4. The van der Waals surface area contributed by atoms with Gasteiger partial charge in [0.25, 0.3) is 5.69 Å². The van der Waals surface area contributed by atoms with Gasteiger partial charge in [-0.2, -0.15) is 0 Å². The Morgan fingerprint density at radius 2 is 1.61 bits per heavy atom. The number of nitro benzene ring substituents is 1. The van der Waals surface area contributed by atoms with Gasteiger partial charge in [-0.05, 0) is 36.2 Å². The van der Waals surface area contributed by atoms with Crippen molar-refractivity contribution >= 4 is 28.2 Å². The summed E-state index contributed by atoms with van der Waals surface area (Å²) >= 11 is 0. The van der Waals surface area contributed by atoms with Crippen LogP contribution in [-0.4, -0.2) is 46.5 Å². The van der Waals surface area contributed by atoms with Crippen LogP contribution in [0.5, 0.6) is 0 Å². The van der Waals surface area contributed by atoms with Crippen LogP contribution in [0.3, 0.4) is 0 Å². The summed E-state index contributed by atoms with van der Waals surface area (Å²) in [6, 6.07) is 23.5. The summed E-state index contributed by atoms with van der Waals surface area (Å²) in [7, 11) is 2.05. The number of rotatable bonds is 6. The van der Waals surface area contributed by atoms with Gasteiger partial charge in [-0.3, -0.25) is 14.9 Å². The van der Waals surface area contributed by atoms with Crippen molar-refractivity contribution in [1.29, 1.82) is 0 Å². The third kappa shape index (κ3) is 4.69. The van der Waals surface area contributed by atoms with E-state index in [1.54, 1.807) is 12.1 Å². The van der Waals surface area contributed by atoms with Gasteiger partial charge in [-0.15, -0.1) is 0 Å². The molecule has 0 spiro atoms. The Balaban J connectivity index is 1.34. The molecule has 0 N–H and O–H groups in total. The molecule has 0 aliphatic carbocycles. The Labute approximate surface area is 210 Å². The minimum Gasteiger partial charge on any atom is -0.368 e. The number of amides is 1. The topological polar surface area (TPSA) is 71.6 Å². The molecule has 2 heterocycles. The zero-order chi connectivity index (χ0) is 25.2. The summed E-state index contributed by atoms with van der Waals surface area (Å²) in [5.74, 6) is 0.119. The van der Waals surface area contributed by atoms with Gasteiger partial charge in [0, 0.05) is 80.5 Å². The smallest absolute Gasteiger partial charge is 0.269 e. The molecule has 36 heavy (non-hydrogen) atoms. The molecule has 1 saturated heterocycles. The molecule has 0 saturated carbocycles. The Kier molecular flexibility index (Phi) is 6.46. The number of para-hydroxylation sites is 1. The Bertz CT molecular complexity index is 1380. The van der Waals surface area contributed by atoms with Crippen molar-refractivity contribution in [2.45, 2.75) is 19.3 Å². The maximum atomic E-state index is 13.6. The lowest BCUT2D eigenvalue weighted by molar-refractivity contribution is -0.384. The number of carbonyl (C=O) groups is 1. The summed E-state index contributed by atoms with van der Waals surface area (Å²) < 4.78 is 2.14. The van der Waals surface area contributed by atoms with Crippen molar-refractivity contribution in [3.05, 3.63) is 106 Å². The van der Waals surface area contributed by atoms with E-state index in [0.717, 1.165) is 16.8 Å². The number of non-ortho nitro benzene ring substituents is 1. The van der Waals surface area contributed by atoms with E-state index in [1.807, 2.05) is 11.0 Å². The van der Waals surface area contributed by atoms with Crippen molar-refractivity contribution in [2.75, 3.05) is 31.1 Å². The van der Waals surface area contributed by atoms with Crippen molar-refractivity contribution < 1.29 is 9.72 Å². The minimum absolute atomic E-state index is 0.0306. The Hall–Kier alpha value is -4.13. The standard InChI is InChI=1S/C29H30N4O3/c1-21-7-9-22(10-8-21)26(27-20-30(2)28-6-4-3-5-25(27)28)19-29(34)32-17-15-31(16-18-32)23-11-13-24(14-12-23)33(35)36/h3-14,20,26H,15-19H2,1-2H3. The third-order valence-electron chi connectivity index (χ3n) is 7.22. The van der Waals surface area contributed by atoms with Crippen LogP contribution in [0.2, 0.25) is 0 Å². The zero-order valence-electron chi connectivity index (χ0n) is 20.6. The Morgan fingerprint density at radius 1 is 0.944 bits per heavy atom. The molecule has 184 valence electrons. The van der Waals surface area contributed by atoms with E-state index in [9.17, 15) is 14.9 Å². The van der Waals surface area contributed by atoms with Gasteiger partial charge in [-0.1, -0.05) is 48.0 Å². The molecule has 7 nitrogen and oxygen atoms in total. The predicted molar refractivity (Wildman–Crippen MR) is 142 cm³/mol. The first-order valence-electron chi connectivity index (χ1n) is 12.3. The number of hydrogen-bond acceptors (Lipinski definition) is 4. The molecule has 1 amide bonds. The maximum Gasteiger partial charge on any atom is 0.269 e. The fourth-order valence-electron chi connectivity index (χ4n) is 5.16. The fourth-order valence-corrected chi connectivity index (χ4v) is 5.16. The van der Waals surface area contributed by atoms with Gasteiger partial charge in [-0.25, -0.2) is 0 Å². The second-order valence-corrected chi connectivity index (χ2v) is 9.52. The van der Waals surface area contributed by atoms with Crippen molar-refractivity contribution in [3.8, 4) is 0 Å². The third-order valence-corrected chi connectivity index (χ3v) is 7.22. The zero-order valence-corrected chi connectivity index (χ0v) is 20.6. The quantitative estimate of drug-likeness (QED) is 0.277. The first kappa shape index (κ1) is 23.6. The number of hydrogen-bond donors (Lipinski definition) is 0. The van der Waals surface area contributed by atoms with E-state index in [0.29, 0.717) is 32.6 Å². The molecular weight excluding hydrogens is 452 g/mol. The highest BCUT2D eigenvalue weighted by Gasteiger charge is 2.27. The number of piperazine rings is 1. The van der Waals surface area contributed by atoms with Gasteiger partial charge in [0.1, 0.15) is 0 Å². The summed E-state index contributed by atoms with van der Waals surface area (Å²) in [6.07, 6.45) is 2.57. The number of aryl methyl sites for hydroxylation is 2. The van der Waals surface area contributed by atoms with Gasteiger partial charge in [0.2, 0.25) is 5.91 Å². The molecule has 7 heteroatoms. The van der Waals surface area contributed by atoms with Gasteiger partial charge < -0.3 is 14.4 Å². The first-order valence-corrected chi connectivity index (χ1v) is 12.3. The van der Waals surface area contributed by atoms with Crippen LogP contribution in [-0.2, 0) is 11.8 Å². The lowest BCUT2D eigenvalue weighted by Crippen LogP contribution is -2.49. The van der Waals surface area contributed by atoms with E-state index < -0.39 is 0 Å². The molecule has 1 aliphatic rings. The van der Waals surface area contributed by atoms with Crippen LogP contribution < -0.4 is 4.90 Å². The number of fused-ring (bicyclic) bond motifs is 1. The lowest BCUT2D eigenvalue weighted by Gasteiger charge is -2.36. The maximum absolute atomic E-state index is 13.6. The van der Waals surface area contributed by atoms with E-state index in [1.165, 1.54) is 28.6 Å². The van der Waals surface area contributed by atoms with Gasteiger partial charge in [0.05, 0.1) is 4.92 Å². The molecule has 1 aromatic heterocycles. The fraction of sp³-hybridized carbons (Fsp3) is 0.276. The van der Waals surface area contributed by atoms with Crippen molar-refractivity contribution in [1.82, 2.24) is 9.47 Å². The molecule has 0 radical (unpaired) electrons. The molecule has 1 fully saturated rings. The predicted octanol–water partition coefficient (Wildman–Crippen LogP) is 5.27. The highest BCUT2D eigenvalue weighted by Crippen LogP contribution is 2.35. The number of carbonyl (C=O) groups excluding carboxylic acids is 1. The number of aromatic nitrogens is 1.